The quantitative estimate of drug-likeness (QED) is 0.334. The molecular weight excluding hydrogens is 406 g/mol. The molecule has 0 radical (unpaired) electrons. The highest BCUT2D eigenvalue weighted by atomic mass is 32.2. The molecule has 0 aliphatic heterocycles. The summed E-state index contributed by atoms with van der Waals surface area (Å²) in [6.07, 6.45) is 3.26. The monoisotopic (exact) mass is 427 g/mol. The number of anilines is 1. The number of hydrogen-bond acceptors (Lipinski definition) is 7. The number of esters is 1. The van der Waals surface area contributed by atoms with Gasteiger partial charge in [-0.05, 0) is 32.4 Å². The van der Waals surface area contributed by atoms with Gasteiger partial charge in [-0.25, -0.2) is 14.8 Å². The van der Waals surface area contributed by atoms with Crippen molar-refractivity contribution >= 4 is 40.0 Å². The lowest BCUT2D eigenvalue weighted by molar-refractivity contribution is -0.113. The van der Waals surface area contributed by atoms with Crippen molar-refractivity contribution < 1.29 is 14.3 Å². The van der Waals surface area contributed by atoms with E-state index in [1.165, 1.54) is 23.1 Å². The second-order valence-corrected chi connectivity index (χ2v) is 8.36. The molecule has 1 N–H and O–H groups in total. The maximum Gasteiger partial charge on any atom is 0.341 e. The molecule has 8 heteroatoms. The molecule has 0 spiro atoms. The van der Waals surface area contributed by atoms with Crippen molar-refractivity contribution in [2.45, 2.75) is 25.9 Å². The fraction of sp³-hybridized carbons (Fsp3) is 0.238. The molecule has 1 aromatic carbocycles. The summed E-state index contributed by atoms with van der Waals surface area (Å²) in [4.78, 5) is 34.3. The minimum absolute atomic E-state index is 0.142. The van der Waals surface area contributed by atoms with Crippen LogP contribution >= 0.6 is 23.1 Å². The molecule has 0 saturated carbocycles. The Labute approximate surface area is 177 Å². The summed E-state index contributed by atoms with van der Waals surface area (Å²) in [5.74, 6) is -0.533. The summed E-state index contributed by atoms with van der Waals surface area (Å²) < 4.78 is 5.27. The van der Waals surface area contributed by atoms with Gasteiger partial charge < -0.3 is 10.1 Å². The maximum atomic E-state index is 12.7. The lowest BCUT2D eigenvalue weighted by Gasteiger charge is -2.09. The van der Waals surface area contributed by atoms with E-state index in [0.29, 0.717) is 15.7 Å². The Hall–Kier alpha value is -2.71. The number of benzene rings is 1. The molecule has 150 valence electrons. The average molecular weight is 428 g/mol. The number of ether oxygens (including phenoxy) is 1. The largest absolute Gasteiger partial charge is 0.462 e. The van der Waals surface area contributed by atoms with Gasteiger partial charge in [0.15, 0.2) is 5.16 Å². The lowest BCUT2D eigenvalue weighted by Crippen LogP contribution is -2.16. The zero-order chi connectivity index (χ0) is 20.8. The number of hydrogen-bond donors (Lipinski definition) is 1. The number of nitrogens with zero attached hydrogens (tertiary/aromatic N) is 2. The molecule has 0 aliphatic rings. The molecule has 0 bridgehead atoms. The SMILES string of the molecule is CCOC(=O)c1c(NC(=O)CSc2ncccn2)sc(C)c1-c1ccc(C)cc1. The number of thioether (sulfide) groups is 1. The second-order valence-electron chi connectivity index (χ2n) is 6.19. The van der Waals surface area contributed by atoms with Crippen LogP contribution < -0.4 is 5.32 Å². The first-order valence-electron chi connectivity index (χ1n) is 9.06. The first-order valence-corrected chi connectivity index (χ1v) is 10.9. The van der Waals surface area contributed by atoms with Crippen LogP contribution in [-0.2, 0) is 9.53 Å². The Bertz CT molecular complexity index is 1000. The van der Waals surface area contributed by atoms with E-state index in [4.69, 9.17) is 4.74 Å². The van der Waals surface area contributed by atoms with Gasteiger partial charge in [0.05, 0.1) is 12.4 Å². The topological polar surface area (TPSA) is 81.2 Å². The molecule has 0 atom stereocenters. The van der Waals surface area contributed by atoms with Crippen molar-refractivity contribution in [1.29, 1.82) is 0 Å². The standard InChI is InChI=1S/C21H21N3O3S2/c1-4-27-20(26)18-17(15-8-6-13(2)7-9-15)14(3)29-19(18)24-16(25)12-28-21-22-10-5-11-23-21/h5-11H,4,12H2,1-3H3,(H,24,25). The van der Waals surface area contributed by atoms with Gasteiger partial charge in [0.25, 0.3) is 0 Å². The van der Waals surface area contributed by atoms with Gasteiger partial charge in [0.1, 0.15) is 10.6 Å². The van der Waals surface area contributed by atoms with Crippen LogP contribution in [-0.4, -0.2) is 34.2 Å². The third-order valence-corrected chi connectivity index (χ3v) is 5.93. The summed E-state index contributed by atoms with van der Waals surface area (Å²) in [7, 11) is 0. The molecule has 0 fully saturated rings. The van der Waals surface area contributed by atoms with E-state index >= 15 is 0 Å². The van der Waals surface area contributed by atoms with Gasteiger partial charge in [-0.1, -0.05) is 41.6 Å². The van der Waals surface area contributed by atoms with Crippen LogP contribution in [0.2, 0.25) is 0 Å². The van der Waals surface area contributed by atoms with Crippen molar-refractivity contribution in [1.82, 2.24) is 9.97 Å². The Kier molecular flexibility index (Phi) is 7.00. The highest BCUT2D eigenvalue weighted by Gasteiger charge is 2.25. The van der Waals surface area contributed by atoms with Crippen LogP contribution in [0.3, 0.4) is 0 Å². The van der Waals surface area contributed by atoms with E-state index in [1.54, 1.807) is 25.4 Å². The fourth-order valence-electron chi connectivity index (χ4n) is 2.75. The first kappa shape index (κ1) is 21.0. The zero-order valence-electron chi connectivity index (χ0n) is 16.4. The number of aryl methyl sites for hydroxylation is 2. The van der Waals surface area contributed by atoms with Crippen molar-refractivity contribution in [3.63, 3.8) is 0 Å². The van der Waals surface area contributed by atoms with Crippen LogP contribution in [0.15, 0.2) is 47.9 Å². The van der Waals surface area contributed by atoms with Gasteiger partial charge in [-0.2, -0.15) is 0 Å². The van der Waals surface area contributed by atoms with E-state index in [-0.39, 0.29) is 18.3 Å². The van der Waals surface area contributed by atoms with Crippen molar-refractivity contribution in [3.05, 3.63) is 58.7 Å². The molecule has 2 heterocycles. The molecule has 1 amide bonds. The predicted molar refractivity (Wildman–Crippen MR) is 117 cm³/mol. The van der Waals surface area contributed by atoms with E-state index < -0.39 is 5.97 Å². The number of nitrogens with one attached hydrogen (secondary N) is 1. The van der Waals surface area contributed by atoms with Gasteiger partial charge in [0.2, 0.25) is 5.91 Å². The van der Waals surface area contributed by atoms with Gasteiger partial charge in [-0.15, -0.1) is 11.3 Å². The maximum absolute atomic E-state index is 12.7. The first-order chi connectivity index (χ1) is 14.0. The average Bonchev–Trinajstić information content (AvgIpc) is 3.03. The molecule has 6 nitrogen and oxygen atoms in total. The molecule has 29 heavy (non-hydrogen) atoms. The molecule has 3 aromatic rings. The van der Waals surface area contributed by atoms with E-state index in [0.717, 1.165) is 21.6 Å². The van der Waals surface area contributed by atoms with Crippen molar-refractivity contribution in [3.8, 4) is 11.1 Å². The third-order valence-electron chi connectivity index (χ3n) is 4.03. The predicted octanol–water partition coefficient (Wildman–Crippen LogP) is 4.73. The van der Waals surface area contributed by atoms with Gasteiger partial charge in [-0.3, -0.25) is 4.79 Å². The Morgan fingerprint density at radius 2 is 1.83 bits per heavy atom. The second kappa shape index (κ2) is 9.67. The van der Waals surface area contributed by atoms with Gasteiger partial charge >= 0.3 is 5.97 Å². The fourth-order valence-corrected chi connectivity index (χ4v) is 4.43. The van der Waals surface area contributed by atoms with E-state index in [9.17, 15) is 9.59 Å². The lowest BCUT2D eigenvalue weighted by atomic mass is 10.0. The van der Waals surface area contributed by atoms with Crippen LogP contribution in [0, 0.1) is 13.8 Å². The van der Waals surface area contributed by atoms with E-state index in [1.807, 2.05) is 38.1 Å². The summed E-state index contributed by atoms with van der Waals surface area (Å²) in [6.45, 7) is 5.97. The molecule has 0 saturated heterocycles. The number of aromatic nitrogens is 2. The molecular formula is C21H21N3O3S2. The molecule has 3 rings (SSSR count). The normalized spacial score (nSPS) is 10.6. The zero-order valence-corrected chi connectivity index (χ0v) is 18.0. The number of carbonyl (C=O) groups is 2. The summed E-state index contributed by atoms with van der Waals surface area (Å²) >= 11 is 2.61. The smallest absolute Gasteiger partial charge is 0.341 e. The Balaban J connectivity index is 1.87. The minimum atomic E-state index is -0.443. The van der Waals surface area contributed by atoms with Crippen LogP contribution in [0.25, 0.3) is 11.1 Å². The van der Waals surface area contributed by atoms with Crippen molar-refractivity contribution in [2.75, 3.05) is 17.7 Å². The molecule has 0 unspecified atom stereocenters. The van der Waals surface area contributed by atoms with Crippen LogP contribution in [0.4, 0.5) is 5.00 Å². The number of carbonyl (C=O) groups excluding carboxylic acids is 2. The van der Waals surface area contributed by atoms with Gasteiger partial charge in [0, 0.05) is 22.8 Å². The number of thiophene rings is 1. The summed E-state index contributed by atoms with van der Waals surface area (Å²) in [5.41, 5.74) is 3.24. The van der Waals surface area contributed by atoms with Crippen LogP contribution in [0.5, 0.6) is 0 Å². The van der Waals surface area contributed by atoms with Crippen molar-refractivity contribution in [2.24, 2.45) is 0 Å². The highest BCUT2D eigenvalue weighted by Crippen LogP contribution is 2.40. The Morgan fingerprint density at radius 3 is 2.48 bits per heavy atom. The summed E-state index contributed by atoms with van der Waals surface area (Å²) in [6, 6.07) is 9.66. The summed E-state index contributed by atoms with van der Waals surface area (Å²) in [5, 5.41) is 3.89. The molecule has 2 aromatic heterocycles. The number of rotatable bonds is 7. The van der Waals surface area contributed by atoms with E-state index in [2.05, 4.69) is 15.3 Å². The van der Waals surface area contributed by atoms with Crippen LogP contribution in [0.1, 0.15) is 27.7 Å². The minimum Gasteiger partial charge on any atom is -0.462 e. The molecule has 0 aliphatic carbocycles. The Morgan fingerprint density at radius 1 is 1.14 bits per heavy atom. The third kappa shape index (κ3) is 5.21. The number of amides is 1. The highest BCUT2D eigenvalue weighted by molar-refractivity contribution is 7.99.